The summed E-state index contributed by atoms with van der Waals surface area (Å²) in [6.45, 7) is 3.24. The maximum atomic E-state index is 12.8. The van der Waals surface area contributed by atoms with Gasteiger partial charge >= 0.3 is 11.8 Å². The van der Waals surface area contributed by atoms with Crippen molar-refractivity contribution < 1.29 is 27.1 Å². The van der Waals surface area contributed by atoms with Gasteiger partial charge in [-0.25, -0.2) is 8.42 Å². The van der Waals surface area contributed by atoms with Crippen molar-refractivity contribution in [3.8, 4) is 11.5 Å². The highest BCUT2D eigenvalue weighted by Crippen LogP contribution is 2.32. The fraction of sp³-hybridized carbons (Fsp3) is 0.571. The number of nitrogens with zero attached hydrogens (tertiary/aromatic N) is 4. The Morgan fingerprint density at radius 2 is 1.56 bits per heavy atom. The largest absolute Gasteiger partial charge is 0.412 e. The molecule has 4 heterocycles. The second kappa shape index (κ2) is 8.54. The summed E-state index contributed by atoms with van der Waals surface area (Å²) in [4.78, 5) is 14.7. The quantitative estimate of drug-likeness (QED) is 0.677. The minimum absolute atomic E-state index is 0.0887. The Kier molecular flexibility index (Phi) is 5.74. The molecule has 3 saturated heterocycles. The number of piperidine rings is 2. The summed E-state index contributed by atoms with van der Waals surface area (Å²) in [5, 5.41) is 7.89. The number of aromatic nitrogens is 2. The lowest BCUT2D eigenvalue weighted by molar-refractivity contribution is -0.181. The molecule has 0 radical (unpaired) electrons. The Hall–Kier alpha value is -2.34. The molecule has 11 heteroatoms. The second-order valence-corrected chi connectivity index (χ2v) is 10.2. The Balaban J connectivity index is 1.26. The van der Waals surface area contributed by atoms with Crippen LogP contribution in [0.4, 0.5) is 0 Å². The van der Waals surface area contributed by atoms with Crippen LogP contribution in [0.15, 0.2) is 33.6 Å². The van der Waals surface area contributed by atoms with Crippen LogP contribution < -0.4 is 0 Å². The van der Waals surface area contributed by atoms with Crippen molar-refractivity contribution in [3.05, 3.63) is 30.2 Å². The molecule has 172 valence electrons. The predicted molar refractivity (Wildman–Crippen MR) is 112 cm³/mol. The number of carbonyl (C=O) groups is 1. The highest BCUT2D eigenvalue weighted by molar-refractivity contribution is 7.89. The van der Waals surface area contributed by atoms with E-state index in [1.165, 1.54) is 16.4 Å². The second-order valence-electron chi connectivity index (χ2n) is 8.30. The monoisotopic (exact) mass is 462 g/mol. The molecule has 2 aromatic rings. The van der Waals surface area contributed by atoms with Gasteiger partial charge in [0.2, 0.25) is 15.9 Å². The normalized spacial score (nSPS) is 21.8. The van der Waals surface area contributed by atoms with Crippen LogP contribution in [0, 0.1) is 0 Å². The Labute approximate surface area is 186 Å². The van der Waals surface area contributed by atoms with Crippen molar-refractivity contribution in [2.45, 2.75) is 42.8 Å². The maximum absolute atomic E-state index is 12.8. The Morgan fingerprint density at radius 1 is 0.906 bits per heavy atom. The van der Waals surface area contributed by atoms with Gasteiger partial charge in [0.25, 0.3) is 0 Å². The van der Waals surface area contributed by atoms with Gasteiger partial charge in [0, 0.05) is 44.6 Å². The summed E-state index contributed by atoms with van der Waals surface area (Å²) in [5.41, 5.74) is 0.555. The Bertz CT molecular complexity index is 1060. The molecular formula is C21H26N4O6S. The molecule has 10 nitrogen and oxygen atoms in total. The smallest absolute Gasteiger partial charge is 0.311 e. The molecule has 3 aliphatic heterocycles. The number of hydrogen-bond donors (Lipinski definition) is 0. The number of amides is 1. The lowest BCUT2D eigenvalue weighted by atomic mass is 10.0. The van der Waals surface area contributed by atoms with Crippen molar-refractivity contribution in [1.82, 2.24) is 19.4 Å². The van der Waals surface area contributed by atoms with Crippen LogP contribution in [0.2, 0.25) is 0 Å². The first-order valence-corrected chi connectivity index (χ1v) is 12.4. The summed E-state index contributed by atoms with van der Waals surface area (Å²) >= 11 is 0. The minimum Gasteiger partial charge on any atom is -0.412 e. The molecule has 3 aliphatic rings. The van der Waals surface area contributed by atoms with Crippen LogP contribution in [0.5, 0.6) is 0 Å². The molecule has 0 unspecified atom stereocenters. The van der Waals surface area contributed by atoms with Crippen molar-refractivity contribution in [2.75, 3.05) is 39.4 Å². The van der Waals surface area contributed by atoms with Gasteiger partial charge in [-0.2, -0.15) is 4.31 Å². The van der Waals surface area contributed by atoms with E-state index in [-0.39, 0.29) is 22.6 Å². The van der Waals surface area contributed by atoms with Gasteiger partial charge < -0.3 is 18.8 Å². The number of hydrogen-bond acceptors (Lipinski definition) is 8. The molecule has 0 N–H and O–H groups in total. The van der Waals surface area contributed by atoms with E-state index in [0.717, 1.165) is 19.3 Å². The van der Waals surface area contributed by atoms with Gasteiger partial charge in [-0.1, -0.05) is 6.42 Å². The van der Waals surface area contributed by atoms with Crippen molar-refractivity contribution in [1.29, 1.82) is 0 Å². The standard InChI is InChI=1S/C21H26N4O6S/c26-20(24-12-8-21(9-13-24)29-14-15-30-21)19-23-22-18(31-19)16-4-6-17(7-5-16)32(27,28)25-10-2-1-3-11-25/h4-7H,1-3,8-15H2. The van der Waals surface area contributed by atoms with Crippen LogP contribution in [-0.4, -0.2) is 78.9 Å². The lowest BCUT2D eigenvalue weighted by Gasteiger charge is -2.36. The molecule has 1 spiro atoms. The zero-order valence-electron chi connectivity index (χ0n) is 17.7. The zero-order valence-corrected chi connectivity index (χ0v) is 18.6. The van der Waals surface area contributed by atoms with Crippen molar-refractivity contribution in [2.24, 2.45) is 0 Å². The fourth-order valence-electron chi connectivity index (χ4n) is 4.42. The third-order valence-corrected chi connectivity index (χ3v) is 8.20. The number of sulfonamides is 1. The van der Waals surface area contributed by atoms with E-state index in [0.29, 0.717) is 57.8 Å². The molecule has 5 rings (SSSR count). The number of carbonyl (C=O) groups excluding carboxylic acids is 1. The highest BCUT2D eigenvalue weighted by atomic mass is 32.2. The molecule has 1 amide bonds. The fourth-order valence-corrected chi connectivity index (χ4v) is 5.94. The van der Waals surface area contributed by atoms with Crippen molar-refractivity contribution in [3.63, 3.8) is 0 Å². The first-order chi connectivity index (χ1) is 15.5. The average Bonchev–Trinajstić information content (AvgIpc) is 3.50. The van der Waals surface area contributed by atoms with Gasteiger partial charge in [-0.05, 0) is 37.1 Å². The topological polar surface area (TPSA) is 115 Å². The molecular weight excluding hydrogens is 436 g/mol. The number of ether oxygens (including phenoxy) is 2. The van der Waals surface area contributed by atoms with E-state index in [1.54, 1.807) is 17.0 Å². The van der Waals surface area contributed by atoms with Gasteiger partial charge in [-0.3, -0.25) is 4.79 Å². The van der Waals surface area contributed by atoms with Gasteiger partial charge in [0.15, 0.2) is 5.79 Å². The van der Waals surface area contributed by atoms with E-state index >= 15 is 0 Å². The van der Waals surface area contributed by atoms with Gasteiger partial charge in [0.05, 0.1) is 18.1 Å². The number of benzene rings is 1. The van der Waals surface area contributed by atoms with Crippen LogP contribution in [0.1, 0.15) is 42.8 Å². The molecule has 0 aliphatic carbocycles. The first kappa shape index (κ1) is 21.5. The summed E-state index contributed by atoms with van der Waals surface area (Å²) < 4.78 is 44.1. The summed E-state index contributed by atoms with van der Waals surface area (Å²) in [6, 6.07) is 6.32. The lowest BCUT2D eigenvalue weighted by Crippen LogP contribution is -2.47. The first-order valence-electron chi connectivity index (χ1n) is 11.0. The molecule has 0 saturated carbocycles. The summed E-state index contributed by atoms with van der Waals surface area (Å²) in [6.07, 6.45) is 4.03. The van der Waals surface area contributed by atoms with Crippen LogP contribution >= 0.6 is 0 Å². The Morgan fingerprint density at radius 3 is 2.22 bits per heavy atom. The van der Waals surface area contributed by atoms with Gasteiger partial charge in [0.1, 0.15) is 0 Å². The van der Waals surface area contributed by atoms with Crippen molar-refractivity contribution >= 4 is 15.9 Å². The minimum atomic E-state index is -3.51. The van der Waals surface area contributed by atoms with E-state index in [9.17, 15) is 13.2 Å². The van der Waals surface area contributed by atoms with Crippen LogP contribution in [-0.2, 0) is 19.5 Å². The highest BCUT2D eigenvalue weighted by Gasteiger charge is 2.41. The molecule has 1 aromatic heterocycles. The summed E-state index contributed by atoms with van der Waals surface area (Å²) in [7, 11) is -3.51. The van der Waals surface area contributed by atoms with Gasteiger partial charge in [-0.15, -0.1) is 10.2 Å². The summed E-state index contributed by atoms with van der Waals surface area (Å²) in [5.74, 6) is -0.811. The molecule has 0 atom stereocenters. The van der Waals surface area contributed by atoms with Crippen LogP contribution in [0.3, 0.4) is 0 Å². The van der Waals surface area contributed by atoms with E-state index < -0.39 is 15.8 Å². The molecule has 1 aromatic carbocycles. The SMILES string of the molecule is O=C(c1nnc(-c2ccc(S(=O)(=O)N3CCCCC3)cc2)o1)N1CCC2(CC1)OCCO2. The third kappa shape index (κ3) is 4.05. The zero-order chi connectivity index (χ0) is 22.2. The number of rotatable bonds is 4. The molecule has 0 bridgehead atoms. The van der Waals surface area contributed by atoms with E-state index in [4.69, 9.17) is 13.9 Å². The van der Waals surface area contributed by atoms with E-state index in [1.807, 2.05) is 0 Å². The third-order valence-electron chi connectivity index (χ3n) is 6.29. The van der Waals surface area contributed by atoms with Crippen LogP contribution in [0.25, 0.3) is 11.5 Å². The molecule has 32 heavy (non-hydrogen) atoms. The molecule has 3 fully saturated rings. The number of likely N-dealkylation sites (tertiary alicyclic amines) is 1. The van der Waals surface area contributed by atoms with E-state index in [2.05, 4.69) is 10.2 Å². The average molecular weight is 463 g/mol. The predicted octanol–water partition coefficient (Wildman–Crippen LogP) is 1.89. The maximum Gasteiger partial charge on any atom is 0.311 e.